The molecule has 1 fully saturated rings. The molecular weight excluding hydrogens is 434 g/mol. The van der Waals surface area contributed by atoms with E-state index in [0.29, 0.717) is 31.3 Å². The van der Waals surface area contributed by atoms with Crippen LogP contribution in [-0.4, -0.2) is 91.4 Å². The quantitative estimate of drug-likeness (QED) is 0.304. The molecule has 3 heterocycles. The van der Waals surface area contributed by atoms with Gasteiger partial charge in [-0.1, -0.05) is 13.8 Å². The molecule has 0 aliphatic carbocycles. The Morgan fingerprint density at radius 2 is 1.97 bits per heavy atom. The maximum absolute atomic E-state index is 12.4. The third kappa shape index (κ3) is 6.37. The van der Waals surface area contributed by atoms with Crippen LogP contribution in [0.4, 0.5) is 5.82 Å². The van der Waals surface area contributed by atoms with E-state index in [1.807, 2.05) is 0 Å². The van der Waals surface area contributed by atoms with Crippen LogP contribution in [-0.2, 0) is 32.2 Å². The number of aliphatic hydroxyl groups is 1. The van der Waals surface area contributed by atoms with Crippen LogP contribution >= 0.6 is 0 Å². The molecule has 13 nitrogen and oxygen atoms in total. The van der Waals surface area contributed by atoms with Crippen molar-refractivity contribution in [1.82, 2.24) is 29.7 Å². The molecule has 0 bridgehead atoms. The van der Waals surface area contributed by atoms with Gasteiger partial charge in [0.2, 0.25) is 11.8 Å². The van der Waals surface area contributed by atoms with Crippen molar-refractivity contribution in [3.05, 3.63) is 18.2 Å². The molecular formula is C20H29N7O6. The number of aromatic nitrogens is 4. The molecule has 0 radical (unpaired) electrons. The number of carboxylic acid groups (broad SMARTS) is 1. The maximum atomic E-state index is 12.4. The SMILES string of the molecule is CC(C)C(=O)Nc1c(-c2ncc(CN3CCOCC3)[nH]2)ncn1CC(=O)N[C@@H](CO)C(=O)O. The van der Waals surface area contributed by atoms with Gasteiger partial charge in [0.05, 0.1) is 32.3 Å². The topological polar surface area (TPSA) is 175 Å². The summed E-state index contributed by atoms with van der Waals surface area (Å²) in [4.78, 5) is 50.0. The van der Waals surface area contributed by atoms with Gasteiger partial charge in [-0.15, -0.1) is 0 Å². The van der Waals surface area contributed by atoms with Crippen LogP contribution in [0.1, 0.15) is 19.5 Å². The summed E-state index contributed by atoms with van der Waals surface area (Å²) in [6.07, 6.45) is 3.06. The standard InChI is InChI=1S/C20H29N7O6/c1-12(2)19(30)25-18-16(17-21-7-13(23-17)8-26-3-5-33-6-4-26)22-11-27(18)9-15(29)24-14(10-28)20(31)32/h7,11-12,14,28H,3-6,8-10H2,1-2H3,(H,21,23)(H,24,29)(H,25,30)(H,31,32)/t14-/m0/s1. The van der Waals surface area contributed by atoms with Gasteiger partial charge in [-0.3, -0.25) is 14.5 Å². The van der Waals surface area contributed by atoms with Gasteiger partial charge in [0.15, 0.2) is 5.82 Å². The molecule has 0 spiro atoms. The summed E-state index contributed by atoms with van der Waals surface area (Å²) < 4.78 is 6.76. The van der Waals surface area contributed by atoms with E-state index in [4.69, 9.17) is 14.9 Å². The smallest absolute Gasteiger partial charge is 0.328 e. The second-order valence-corrected chi connectivity index (χ2v) is 8.00. The van der Waals surface area contributed by atoms with Crippen LogP contribution in [0, 0.1) is 5.92 Å². The number of morpholine rings is 1. The number of hydrogen-bond donors (Lipinski definition) is 5. The Bertz CT molecular complexity index is 979. The molecule has 0 saturated carbocycles. The maximum Gasteiger partial charge on any atom is 0.328 e. The second kappa shape index (κ2) is 11.0. The summed E-state index contributed by atoms with van der Waals surface area (Å²) in [6, 6.07) is -1.43. The Kier molecular flexibility index (Phi) is 8.14. The Balaban J connectivity index is 1.81. The summed E-state index contributed by atoms with van der Waals surface area (Å²) >= 11 is 0. The highest BCUT2D eigenvalue weighted by Gasteiger charge is 2.23. The molecule has 1 atom stereocenters. The number of nitrogens with zero attached hydrogens (tertiary/aromatic N) is 4. The molecule has 5 N–H and O–H groups in total. The lowest BCUT2D eigenvalue weighted by atomic mass is 10.2. The minimum atomic E-state index is -1.43. The van der Waals surface area contributed by atoms with E-state index < -0.39 is 24.5 Å². The summed E-state index contributed by atoms with van der Waals surface area (Å²) in [5.41, 5.74) is 1.22. The first-order valence-electron chi connectivity index (χ1n) is 10.6. The predicted octanol–water partition coefficient (Wildman–Crippen LogP) is -0.738. The van der Waals surface area contributed by atoms with Crippen LogP contribution in [0.2, 0.25) is 0 Å². The van der Waals surface area contributed by atoms with Gasteiger partial charge in [-0.2, -0.15) is 0 Å². The van der Waals surface area contributed by atoms with Crippen molar-refractivity contribution in [2.45, 2.75) is 33.0 Å². The summed E-state index contributed by atoms with van der Waals surface area (Å²) in [7, 11) is 0. The second-order valence-electron chi connectivity index (χ2n) is 8.00. The van der Waals surface area contributed by atoms with Crippen LogP contribution in [0.25, 0.3) is 11.5 Å². The van der Waals surface area contributed by atoms with E-state index in [-0.39, 0.29) is 24.2 Å². The van der Waals surface area contributed by atoms with E-state index in [9.17, 15) is 14.4 Å². The van der Waals surface area contributed by atoms with Crippen molar-refractivity contribution >= 4 is 23.6 Å². The summed E-state index contributed by atoms with van der Waals surface area (Å²) in [5, 5.41) is 23.1. The molecule has 2 amide bonds. The normalized spacial score (nSPS) is 15.4. The summed E-state index contributed by atoms with van der Waals surface area (Å²) in [5.74, 6) is -1.93. The van der Waals surface area contributed by atoms with E-state index in [2.05, 4.69) is 30.5 Å². The van der Waals surface area contributed by atoms with E-state index in [0.717, 1.165) is 18.8 Å². The Morgan fingerprint density at radius 1 is 1.24 bits per heavy atom. The first kappa shape index (κ1) is 24.4. The minimum absolute atomic E-state index is 0.256. The highest BCUT2D eigenvalue weighted by molar-refractivity contribution is 5.94. The predicted molar refractivity (Wildman–Crippen MR) is 116 cm³/mol. The highest BCUT2D eigenvalue weighted by Crippen LogP contribution is 2.25. The number of carbonyl (C=O) groups is 3. The molecule has 3 rings (SSSR count). The number of anilines is 1. The third-order valence-corrected chi connectivity index (χ3v) is 5.08. The van der Waals surface area contributed by atoms with Crippen molar-refractivity contribution < 1.29 is 29.3 Å². The van der Waals surface area contributed by atoms with E-state index in [1.165, 1.54) is 10.9 Å². The van der Waals surface area contributed by atoms with Crippen molar-refractivity contribution in [3.63, 3.8) is 0 Å². The number of nitrogens with one attached hydrogen (secondary N) is 3. The fourth-order valence-corrected chi connectivity index (χ4v) is 3.21. The van der Waals surface area contributed by atoms with Gasteiger partial charge >= 0.3 is 5.97 Å². The summed E-state index contributed by atoms with van der Waals surface area (Å²) in [6.45, 7) is 6.05. The first-order chi connectivity index (χ1) is 15.8. The van der Waals surface area contributed by atoms with Gasteiger partial charge in [0.25, 0.3) is 0 Å². The van der Waals surface area contributed by atoms with Crippen LogP contribution < -0.4 is 10.6 Å². The number of aliphatic hydroxyl groups excluding tert-OH is 1. The lowest BCUT2D eigenvalue weighted by Gasteiger charge is -2.25. The molecule has 2 aromatic heterocycles. The van der Waals surface area contributed by atoms with Crippen molar-refractivity contribution in [2.24, 2.45) is 5.92 Å². The third-order valence-electron chi connectivity index (χ3n) is 5.08. The lowest BCUT2D eigenvalue weighted by Crippen LogP contribution is -2.44. The zero-order valence-electron chi connectivity index (χ0n) is 18.6. The van der Waals surface area contributed by atoms with E-state index in [1.54, 1.807) is 20.0 Å². The zero-order valence-corrected chi connectivity index (χ0v) is 18.6. The van der Waals surface area contributed by atoms with Crippen molar-refractivity contribution in [2.75, 3.05) is 38.2 Å². The number of carbonyl (C=O) groups excluding carboxylic acids is 2. The number of ether oxygens (including phenoxy) is 1. The first-order valence-corrected chi connectivity index (χ1v) is 10.6. The number of H-pyrrole nitrogens is 1. The number of aromatic amines is 1. The largest absolute Gasteiger partial charge is 0.480 e. The lowest BCUT2D eigenvalue weighted by molar-refractivity contribution is -0.143. The monoisotopic (exact) mass is 463 g/mol. The average Bonchev–Trinajstić information content (AvgIpc) is 3.39. The zero-order chi connectivity index (χ0) is 24.0. The molecule has 1 aliphatic rings. The van der Waals surface area contributed by atoms with Crippen molar-refractivity contribution in [3.8, 4) is 11.5 Å². The van der Waals surface area contributed by atoms with Crippen LogP contribution in [0.3, 0.4) is 0 Å². The van der Waals surface area contributed by atoms with Gasteiger partial charge < -0.3 is 35.1 Å². The molecule has 0 aromatic carbocycles. The van der Waals surface area contributed by atoms with Crippen LogP contribution in [0.15, 0.2) is 12.5 Å². The van der Waals surface area contributed by atoms with Gasteiger partial charge in [-0.05, 0) is 0 Å². The Morgan fingerprint density at radius 3 is 2.61 bits per heavy atom. The molecule has 1 saturated heterocycles. The van der Waals surface area contributed by atoms with E-state index >= 15 is 0 Å². The molecule has 180 valence electrons. The Hall–Kier alpha value is -3.29. The number of carboxylic acids is 1. The number of hydrogen-bond acceptors (Lipinski definition) is 8. The molecule has 1 aliphatic heterocycles. The van der Waals surface area contributed by atoms with Gasteiger partial charge in [0.1, 0.15) is 24.1 Å². The number of aliphatic carboxylic acids is 1. The minimum Gasteiger partial charge on any atom is -0.480 e. The average molecular weight is 463 g/mol. The molecule has 33 heavy (non-hydrogen) atoms. The Labute approximate surface area is 190 Å². The number of imidazole rings is 2. The molecule has 0 unspecified atom stereocenters. The fraction of sp³-hybridized carbons (Fsp3) is 0.550. The number of amides is 2. The van der Waals surface area contributed by atoms with Gasteiger partial charge in [-0.25, -0.2) is 14.8 Å². The van der Waals surface area contributed by atoms with Crippen molar-refractivity contribution in [1.29, 1.82) is 0 Å². The van der Waals surface area contributed by atoms with Crippen LogP contribution in [0.5, 0.6) is 0 Å². The van der Waals surface area contributed by atoms with Gasteiger partial charge in [0, 0.05) is 31.2 Å². The highest BCUT2D eigenvalue weighted by atomic mass is 16.5. The molecule has 13 heteroatoms. The fourth-order valence-electron chi connectivity index (χ4n) is 3.21. The molecule has 2 aromatic rings. The number of rotatable bonds is 10.